The summed E-state index contributed by atoms with van der Waals surface area (Å²) < 4.78 is 0.399. The fourth-order valence-electron chi connectivity index (χ4n) is 1.54. The van der Waals surface area contributed by atoms with Crippen LogP contribution in [0, 0.1) is 0 Å². The van der Waals surface area contributed by atoms with Gasteiger partial charge in [0.05, 0.1) is 0 Å². The molecule has 1 rings (SSSR count). The molecule has 0 amide bonds. The van der Waals surface area contributed by atoms with E-state index >= 15 is 0 Å². The van der Waals surface area contributed by atoms with Gasteiger partial charge in [-0.1, -0.05) is 18.2 Å². The van der Waals surface area contributed by atoms with E-state index in [0.717, 1.165) is 0 Å². The van der Waals surface area contributed by atoms with Crippen LogP contribution in [0.15, 0.2) is 35.2 Å². The van der Waals surface area contributed by atoms with Gasteiger partial charge in [0.2, 0.25) is 0 Å². The number of benzene rings is 1. The van der Waals surface area contributed by atoms with Crippen LogP contribution in [0.4, 0.5) is 0 Å². The first-order valence-electron chi connectivity index (χ1n) is 4.81. The Labute approximate surface area is 84.7 Å². The first-order chi connectivity index (χ1) is 6.05. The number of hydrogen-bond donors (Lipinski definition) is 0. The van der Waals surface area contributed by atoms with Crippen molar-refractivity contribution in [1.82, 2.24) is 0 Å². The molecule has 0 nitrogen and oxygen atoms in total. The van der Waals surface area contributed by atoms with Gasteiger partial charge in [-0.25, -0.2) is 0 Å². The van der Waals surface area contributed by atoms with Crippen molar-refractivity contribution in [3.63, 3.8) is 0 Å². The summed E-state index contributed by atoms with van der Waals surface area (Å²) in [6.07, 6.45) is 0. The summed E-state index contributed by atoms with van der Waals surface area (Å²) in [7, 11) is 0.388. The Morgan fingerprint density at radius 3 is 2.00 bits per heavy atom. The minimum Gasteiger partial charge on any atom is -0.0619 e. The largest absolute Gasteiger partial charge is 0.155 e. The first-order valence-corrected chi connectivity index (χ1v) is 6.21. The molecule has 0 aliphatic rings. The Balaban J connectivity index is 2.92. The molecule has 0 spiro atoms. The monoisotopic (exact) mass is 195 g/mol. The topological polar surface area (TPSA) is 0 Å². The van der Waals surface area contributed by atoms with Crippen molar-refractivity contribution < 1.29 is 0 Å². The maximum absolute atomic E-state index is 2.33. The molecule has 0 heterocycles. The fraction of sp³-hybridized carbons (Fsp3) is 0.500. The van der Waals surface area contributed by atoms with Crippen molar-refractivity contribution in [3.05, 3.63) is 30.3 Å². The van der Waals surface area contributed by atoms with Crippen molar-refractivity contribution in [2.75, 3.05) is 5.75 Å². The van der Waals surface area contributed by atoms with E-state index in [1.807, 2.05) is 0 Å². The molecule has 0 N–H and O–H groups in total. The van der Waals surface area contributed by atoms with E-state index in [4.69, 9.17) is 0 Å². The molecule has 13 heavy (non-hydrogen) atoms. The lowest BCUT2D eigenvalue weighted by Crippen LogP contribution is -2.29. The second kappa shape index (κ2) is 4.19. The van der Waals surface area contributed by atoms with E-state index in [0.29, 0.717) is 15.6 Å². The molecule has 1 atom stereocenters. The summed E-state index contributed by atoms with van der Waals surface area (Å²) in [6.45, 7) is 9.26. The van der Waals surface area contributed by atoms with E-state index in [1.165, 1.54) is 10.6 Å². The summed E-state index contributed by atoms with van der Waals surface area (Å²) in [5, 5.41) is 0. The second-order valence-electron chi connectivity index (χ2n) is 4.10. The predicted octanol–water partition coefficient (Wildman–Crippen LogP) is 3.48. The minimum atomic E-state index is 0.388. The second-order valence-corrected chi connectivity index (χ2v) is 7.16. The fourth-order valence-corrected chi connectivity index (χ4v) is 3.93. The van der Waals surface area contributed by atoms with Gasteiger partial charge in [0.1, 0.15) is 10.5 Å². The quantitative estimate of drug-likeness (QED) is 0.634. The van der Waals surface area contributed by atoms with E-state index in [-0.39, 0.29) is 0 Å². The van der Waals surface area contributed by atoms with Gasteiger partial charge in [0.15, 0.2) is 4.90 Å². The van der Waals surface area contributed by atoms with Gasteiger partial charge in [-0.05, 0) is 39.8 Å². The van der Waals surface area contributed by atoms with E-state index in [9.17, 15) is 0 Å². The highest BCUT2D eigenvalue weighted by atomic mass is 32.2. The van der Waals surface area contributed by atoms with Crippen LogP contribution in [0.3, 0.4) is 0 Å². The van der Waals surface area contributed by atoms with E-state index < -0.39 is 0 Å². The van der Waals surface area contributed by atoms with Crippen molar-refractivity contribution >= 4 is 10.9 Å². The minimum absolute atomic E-state index is 0.388. The van der Waals surface area contributed by atoms with Crippen LogP contribution in [-0.2, 0) is 10.9 Å². The average Bonchev–Trinajstić information content (AvgIpc) is 2.05. The van der Waals surface area contributed by atoms with Gasteiger partial charge in [0.25, 0.3) is 0 Å². The van der Waals surface area contributed by atoms with Gasteiger partial charge < -0.3 is 0 Å². The third-order valence-corrected chi connectivity index (χ3v) is 4.95. The lowest BCUT2D eigenvalue weighted by molar-refractivity contribution is 0.788. The van der Waals surface area contributed by atoms with Crippen LogP contribution in [0.5, 0.6) is 0 Å². The van der Waals surface area contributed by atoms with Gasteiger partial charge in [-0.15, -0.1) is 0 Å². The number of rotatable bonds is 2. The molecule has 0 fully saturated rings. The Kier molecular flexibility index (Phi) is 3.43. The smallest absolute Gasteiger partial charge is 0.0619 e. The summed E-state index contributed by atoms with van der Waals surface area (Å²) in [4.78, 5) is 1.50. The maximum Gasteiger partial charge on any atom is 0.155 e. The predicted molar refractivity (Wildman–Crippen MR) is 62.4 cm³/mol. The molecule has 0 aromatic heterocycles. The van der Waals surface area contributed by atoms with Crippen LogP contribution >= 0.6 is 0 Å². The summed E-state index contributed by atoms with van der Waals surface area (Å²) in [5.74, 6) is 1.24. The maximum atomic E-state index is 2.33. The Morgan fingerprint density at radius 2 is 1.62 bits per heavy atom. The zero-order valence-corrected chi connectivity index (χ0v) is 9.82. The zero-order valence-electron chi connectivity index (χ0n) is 9.00. The molecule has 72 valence electrons. The Hall–Kier alpha value is -0.430. The van der Waals surface area contributed by atoms with E-state index in [1.54, 1.807) is 0 Å². The lowest BCUT2D eigenvalue weighted by Gasteiger charge is -2.20. The van der Waals surface area contributed by atoms with Gasteiger partial charge in [-0.2, -0.15) is 0 Å². The highest BCUT2D eigenvalue weighted by molar-refractivity contribution is 7.98. The molecule has 0 saturated carbocycles. The average molecular weight is 195 g/mol. The van der Waals surface area contributed by atoms with Crippen molar-refractivity contribution in [3.8, 4) is 0 Å². The molecule has 1 heteroatoms. The summed E-state index contributed by atoms with van der Waals surface area (Å²) >= 11 is 0. The Morgan fingerprint density at radius 1 is 1.08 bits per heavy atom. The van der Waals surface area contributed by atoms with Crippen LogP contribution in [0.2, 0.25) is 0 Å². The third-order valence-electron chi connectivity index (χ3n) is 2.06. The molecular weight excluding hydrogens is 176 g/mol. The molecule has 1 aromatic carbocycles. The SMILES string of the molecule is CC[S+](c1ccccc1)C(C)(C)C. The van der Waals surface area contributed by atoms with Crippen LogP contribution in [0.1, 0.15) is 27.7 Å². The number of hydrogen-bond acceptors (Lipinski definition) is 0. The lowest BCUT2D eigenvalue weighted by atomic mass is 10.3. The molecular formula is C12H19S+. The molecule has 0 bridgehead atoms. The van der Waals surface area contributed by atoms with Gasteiger partial charge in [0, 0.05) is 10.9 Å². The summed E-state index contributed by atoms with van der Waals surface area (Å²) in [5.41, 5.74) is 0. The van der Waals surface area contributed by atoms with Gasteiger partial charge in [-0.3, -0.25) is 0 Å². The zero-order chi connectivity index (χ0) is 9.90. The Bertz CT molecular complexity index is 246. The van der Waals surface area contributed by atoms with Crippen LogP contribution in [0.25, 0.3) is 0 Å². The first kappa shape index (κ1) is 10.6. The normalized spacial score (nSPS) is 14.2. The molecule has 0 aliphatic carbocycles. The van der Waals surface area contributed by atoms with E-state index in [2.05, 4.69) is 58.0 Å². The molecule has 0 saturated heterocycles. The van der Waals surface area contributed by atoms with Crippen molar-refractivity contribution in [2.24, 2.45) is 0 Å². The third kappa shape index (κ3) is 2.77. The molecule has 1 aromatic rings. The molecule has 0 radical (unpaired) electrons. The highest BCUT2D eigenvalue weighted by Crippen LogP contribution is 2.26. The van der Waals surface area contributed by atoms with Crippen LogP contribution in [-0.4, -0.2) is 10.5 Å². The molecule has 1 unspecified atom stereocenters. The standard InChI is InChI=1S/C12H19S/c1-5-13(12(2,3)4)11-9-7-6-8-10-11/h6-10H,5H2,1-4H3/q+1. The van der Waals surface area contributed by atoms with Crippen molar-refractivity contribution in [2.45, 2.75) is 37.3 Å². The van der Waals surface area contributed by atoms with Gasteiger partial charge >= 0.3 is 0 Å². The highest BCUT2D eigenvalue weighted by Gasteiger charge is 2.34. The van der Waals surface area contributed by atoms with Crippen LogP contribution < -0.4 is 0 Å². The summed E-state index contributed by atoms with van der Waals surface area (Å²) in [6, 6.07) is 10.9. The molecule has 0 aliphatic heterocycles. The van der Waals surface area contributed by atoms with Crippen molar-refractivity contribution in [1.29, 1.82) is 0 Å².